The molecule has 1 aromatic heterocycles. The van der Waals surface area contributed by atoms with E-state index in [1.54, 1.807) is 18.2 Å². The van der Waals surface area contributed by atoms with Crippen LogP contribution in [0.3, 0.4) is 0 Å². The number of aromatic amines is 1. The zero-order valence-corrected chi connectivity index (χ0v) is 10.5. The lowest BCUT2D eigenvalue weighted by Crippen LogP contribution is -2.40. The summed E-state index contributed by atoms with van der Waals surface area (Å²) in [6.45, 7) is 0.308. The van der Waals surface area contributed by atoms with E-state index in [0.29, 0.717) is 17.6 Å². The Morgan fingerprint density at radius 1 is 1.32 bits per heavy atom. The van der Waals surface area contributed by atoms with Crippen molar-refractivity contribution in [2.45, 2.75) is 31.3 Å². The minimum Gasteiger partial charge on any atom is -0.388 e. The van der Waals surface area contributed by atoms with Crippen LogP contribution in [0.25, 0.3) is 11.0 Å². The van der Waals surface area contributed by atoms with Gasteiger partial charge in [-0.1, -0.05) is 12.8 Å². The molecule has 1 amide bonds. The number of aromatic nitrogens is 3. The predicted octanol–water partition coefficient (Wildman–Crippen LogP) is 0.993. The highest BCUT2D eigenvalue weighted by molar-refractivity contribution is 5.97. The summed E-state index contributed by atoms with van der Waals surface area (Å²) < 4.78 is 0. The molecule has 0 unspecified atom stereocenters. The van der Waals surface area contributed by atoms with E-state index in [2.05, 4.69) is 20.7 Å². The molecule has 1 aromatic carbocycles. The first-order valence-electron chi connectivity index (χ1n) is 6.47. The van der Waals surface area contributed by atoms with Gasteiger partial charge < -0.3 is 10.4 Å². The largest absolute Gasteiger partial charge is 0.388 e. The van der Waals surface area contributed by atoms with Crippen molar-refractivity contribution in [3.8, 4) is 0 Å². The van der Waals surface area contributed by atoms with Crippen molar-refractivity contribution in [1.29, 1.82) is 0 Å². The van der Waals surface area contributed by atoms with Gasteiger partial charge in [-0.3, -0.25) is 4.79 Å². The van der Waals surface area contributed by atoms with Crippen LogP contribution in [0.4, 0.5) is 0 Å². The maximum absolute atomic E-state index is 12.0. The van der Waals surface area contributed by atoms with E-state index in [0.717, 1.165) is 31.2 Å². The lowest BCUT2D eigenvalue weighted by molar-refractivity contribution is 0.0449. The van der Waals surface area contributed by atoms with Gasteiger partial charge in [0.25, 0.3) is 5.91 Å². The summed E-state index contributed by atoms with van der Waals surface area (Å²) in [7, 11) is 0. The van der Waals surface area contributed by atoms with Gasteiger partial charge in [0.05, 0.1) is 5.60 Å². The summed E-state index contributed by atoms with van der Waals surface area (Å²) in [6.07, 6.45) is 3.57. The molecule has 6 heteroatoms. The first kappa shape index (κ1) is 12.1. The van der Waals surface area contributed by atoms with Crippen LogP contribution in [0.5, 0.6) is 0 Å². The number of carbonyl (C=O) groups is 1. The molecule has 2 aromatic rings. The van der Waals surface area contributed by atoms with Crippen molar-refractivity contribution in [2.24, 2.45) is 0 Å². The van der Waals surface area contributed by atoms with Crippen LogP contribution < -0.4 is 5.32 Å². The van der Waals surface area contributed by atoms with Crippen molar-refractivity contribution in [1.82, 2.24) is 20.7 Å². The van der Waals surface area contributed by atoms with Gasteiger partial charge in [0.2, 0.25) is 0 Å². The quantitative estimate of drug-likeness (QED) is 0.767. The van der Waals surface area contributed by atoms with Gasteiger partial charge in [0.15, 0.2) is 0 Å². The number of nitrogens with one attached hydrogen (secondary N) is 2. The maximum Gasteiger partial charge on any atom is 0.251 e. The van der Waals surface area contributed by atoms with Crippen molar-refractivity contribution in [2.75, 3.05) is 6.54 Å². The van der Waals surface area contributed by atoms with Gasteiger partial charge in [0.1, 0.15) is 11.0 Å². The van der Waals surface area contributed by atoms with E-state index < -0.39 is 5.60 Å². The van der Waals surface area contributed by atoms with Gasteiger partial charge in [-0.25, -0.2) is 0 Å². The Hall–Kier alpha value is -1.95. The molecule has 0 atom stereocenters. The molecule has 0 aliphatic heterocycles. The predicted molar refractivity (Wildman–Crippen MR) is 69.6 cm³/mol. The minimum atomic E-state index is -0.729. The van der Waals surface area contributed by atoms with Crippen LogP contribution in [0.15, 0.2) is 18.2 Å². The molecule has 19 heavy (non-hydrogen) atoms. The van der Waals surface area contributed by atoms with E-state index in [1.807, 2.05) is 0 Å². The molecule has 1 aliphatic rings. The number of nitrogens with zero attached hydrogens (tertiary/aromatic N) is 2. The SMILES string of the molecule is O=C(NCC1(O)CCCC1)c1ccc2n[nH]nc2c1. The molecule has 0 spiro atoms. The van der Waals surface area contributed by atoms with Crippen LogP contribution >= 0.6 is 0 Å². The van der Waals surface area contributed by atoms with Gasteiger partial charge in [0, 0.05) is 12.1 Å². The molecule has 0 saturated heterocycles. The second-order valence-corrected chi connectivity index (χ2v) is 5.14. The third kappa shape index (κ3) is 2.44. The van der Waals surface area contributed by atoms with Crippen molar-refractivity contribution < 1.29 is 9.90 Å². The number of aliphatic hydroxyl groups is 1. The van der Waals surface area contributed by atoms with Crippen molar-refractivity contribution in [3.05, 3.63) is 23.8 Å². The molecule has 100 valence electrons. The third-order valence-electron chi connectivity index (χ3n) is 3.69. The summed E-state index contributed by atoms with van der Waals surface area (Å²) in [4.78, 5) is 12.0. The van der Waals surface area contributed by atoms with Crippen LogP contribution in [0.1, 0.15) is 36.0 Å². The van der Waals surface area contributed by atoms with Crippen LogP contribution in [-0.2, 0) is 0 Å². The number of rotatable bonds is 3. The van der Waals surface area contributed by atoms with Gasteiger partial charge >= 0.3 is 0 Å². The van der Waals surface area contributed by atoms with E-state index in [1.165, 1.54) is 0 Å². The second-order valence-electron chi connectivity index (χ2n) is 5.14. The molecule has 1 heterocycles. The first-order valence-corrected chi connectivity index (χ1v) is 6.47. The molecular formula is C13H16N4O2. The van der Waals surface area contributed by atoms with E-state index in [4.69, 9.17) is 0 Å². The van der Waals surface area contributed by atoms with E-state index in [-0.39, 0.29) is 5.91 Å². The highest BCUT2D eigenvalue weighted by Gasteiger charge is 2.31. The zero-order chi connectivity index (χ0) is 13.3. The smallest absolute Gasteiger partial charge is 0.251 e. The van der Waals surface area contributed by atoms with Crippen LogP contribution in [-0.4, -0.2) is 38.6 Å². The number of carbonyl (C=O) groups excluding carboxylic acids is 1. The third-order valence-corrected chi connectivity index (χ3v) is 3.69. The fourth-order valence-electron chi connectivity index (χ4n) is 2.54. The van der Waals surface area contributed by atoms with E-state index in [9.17, 15) is 9.90 Å². The molecule has 3 N–H and O–H groups in total. The summed E-state index contributed by atoms with van der Waals surface area (Å²) >= 11 is 0. The Bertz CT molecular complexity index is 601. The molecule has 1 saturated carbocycles. The number of hydrogen-bond acceptors (Lipinski definition) is 4. The Labute approximate surface area is 110 Å². The topological polar surface area (TPSA) is 90.9 Å². The highest BCUT2D eigenvalue weighted by Crippen LogP contribution is 2.28. The highest BCUT2D eigenvalue weighted by atomic mass is 16.3. The standard InChI is InChI=1S/C13H16N4O2/c18-12(14-8-13(19)5-1-2-6-13)9-3-4-10-11(7-9)16-17-15-10/h3-4,7,19H,1-2,5-6,8H2,(H,14,18)(H,15,16,17). The van der Waals surface area contributed by atoms with Gasteiger partial charge in [-0.05, 0) is 31.0 Å². The molecule has 3 rings (SSSR count). The first-order chi connectivity index (χ1) is 9.16. The van der Waals surface area contributed by atoms with Crippen LogP contribution in [0.2, 0.25) is 0 Å². The number of fused-ring (bicyclic) bond motifs is 1. The number of H-pyrrole nitrogens is 1. The minimum absolute atomic E-state index is 0.190. The van der Waals surface area contributed by atoms with Crippen molar-refractivity contribution in [3.63, 3.8) is 0 Å². The Morgan fingerprint density at radius 3 is 2.84 bits per heavy atom. The lowest BCUT2D eigenvalue weighted by atomic mass is 10.0. The Morgan fingerprint density at radius 2 is 2.05 bits per heavy atom. The fourth-order valence-corrected chi connectivity index (χ4v) is 2.54. The normalized spacial score (nSPS) is 17.7. The lowest BCUT2D eigenvalue weighted by Gasteiger charge is -2.22. The maximum atomic E-state index is 12.0. The van der Waals surface area contributed by atoms with Gasteiger partial charge in [-0.2, -0.15) is 15.4 Å². The monoisotopic (exact) mass is 260 g/mol. The summed E-state index contributed by atoms with van der Waals surface area (Å²) in [5, 5.41) is 23.4. The second kappa shape index (κ2) is 4.62. The number of hydrogen-bond donors (Lipinski definition) is 3. The summed E-state index contributed by atoms with van der Waals surface area (Å²) in [6, 6.07) is 5.14. The Kier molecular flexibility index (Phi) is 2.94. The summed E-state index contributed by atoms with van der Waals surface area (Å²) in [5.41, 5.74) is 1.19. The number of amides is 1. The van der Waals surface area contributed by atoms with Crippen molar-refractivity contribution >= 4 is 16.9 Å². The molecular weight excluding hydrogens is 244 g/mol. The summed E-state index contributed by atoms with van der Waals surface area (Å²) in [5.74, 6) is -0.190. The fraction of sp³-hybridized carbons (Fsp3) is 0.462. The zero-order valence-electron chi connectivity index (χ0n) is 10.5. The molecule has 1 aliphatic carbocycles. The average Bonchev–Trinajstić information content (AvgIpc) is 3.04. The molecule has 0 radical (unpaired) electrons. The van der Waals surface area contributed by atoms with Crippen LogP contribution in [0, 0.1) is 0 Å². The molecule has 1 fully saturated rings. The Balaban J connectivity index is 1.69. The van der Waals surface area contributed by atoms with Gasteiger partial charge in [-0.15, -0.1) is 0 Å². The van der Waals surface area contributed by atoms with E-state index >= 15 is 0 Å². The number of benzene rings is 1. The molecule has 0 bridgehead atoms. The average molecular weight is 260 g/mol. The molecule has 6 nitrogen and oxygen atoms in total.